The third kappa shape index (κ3) is 6.10. The second kappa shape index (κ2) is 11.9. The molecule has 2 amide bonds. The number of benzene rings is 3. The van der Waals surface area contributed by atoms with E-state index in [1.807, 2.05) is 48.5 Å². The van der Waals surface area contributed by atoms with E-state index < -0.39 is 0 Å². The van der Waals surface area contributed by atoms with Gasteiger partial charge in [-0.2, -0.15) is 0 Å². The second-order valence-corrected chi connectivity index (χ2v) is 9.69. The molecule has 4 aromatic rings. The predicted molar refractivity (Wildman–Crippen MR) is 145 cm³/mol. The largest absolute Gasteiger partial charge is 0.337 e. The van der Waals surface area contributed by atoms with Gasteiger partial charge in [0.25, 0.3) is 0 Å². The maximum Gasteiger partial charge on any atom is 0.319 e. The SMILES string of the molecule is CCCn1c(SCCNC(=O)Nc2cccc(Br)c2)nc(-c2ccccc2)c1-c1ccccc1. The molecule has 0 saturated carbocycles. The van der Waals surface area contributed by atoms with Crippen LogP contribution >= 0.6 is 27.7 Å². The zero-order valence-corrected chi connectivity index (χ0v) is 21.4. The average molecular weight is 536 g/mol. The van der Waals surface area contributed by atoms with E-state index in [2.05, 4.69) is 74.5 Å². The number of thioether (sulfide) groups is 1. The van der Waals surface area contributed by atoms with Crippen LogP contribution in [-0.4, -0.2) is 27.9 Å². The quantitative estimate of drug-likeness (QED) is 0.175. The average Bonchev–Trinajstić information content (AvgIpc) is 3.21. The number of halogens is 1. The molecule has 1 aromatic heterocycles. The third-order valence-electron chi connectivity index (χ3n) is 5.18. The number of hydrogen-bond donors (Lipinski definition) is 2. The van der Waals surface area contributed by atoms with E-state index in [1.54, 1.807) is 11.8 Å². The summed E-state index contributed by atoms with van der Waals surface area (Å²) >= 11 is 5.08. The van der Waals surface area contributed by atoms with Crippen molar-refractivity contribution in [2.75, 3.05) is 17.6 Å². The van der Waals surface area contributed by atoms with E-state index >= 15 is 0 Å². The molecular formula is C27H27BrN4OS. The second-order valence-electron chi connectivity index (χ2n) is 7.71. The zero-order valence-electron chi connectivity index (χ0n) is 19.0. The monoisotopic (exact) mass is 534 g/mol. The molecule has 1 heterocycles. The van der Waals surface area contributed by atoms with Gasteiger partial charge in [0.05, 0.1) is 11.4 Å². The molecule has 0 saturated heterocycles. The van der Waals surface area contributed by atoms with Gasteiger partial charge in [0.1, 0.15) is 0 Å². The Kier molecular flexibility index (Phi) is 8.44. The molecule has 0 aliphatic rings. The van der Waals surface area contributed by atoms with Crippen molar-refractivity contribution in [2.45, 2.75) is 25.0 Å². The Labute approximate surface area is 213 Å². The Morgan fingerprint density at radius 2 is 1.68 bits per heavy atom. The molecule has 0 aliphatic carbocycles. The van der Waals surface area contributed by atoms with Gasteiger partial charge in [-0.25, -0.2) is 9.78 Å². The summed E-state index contributed by atoms with van der Waals surface area (Å²) in [5, 5.41) is 6.76. The van der Waals surface area contributed by atoms with Crippen molar-refractivity contribution < 1.29 is 4.79 Å². The van der Waals surface area contributed by atoms with Crippen LogP contribution in [0.2, 0.25) is 0 Å². The maximum absolute atomic E-state index is 12.3. The summed E-state index contributed by atoms with van der Waals surface area (Å²) < 4.78 is 3.23. The summed E-state index contributed by atoms with van der Waals surface area (Å²) in [6.07, 6.45) is 1.01. The smallest absolute Gasteiger partial charge is 0.319 e. The van der Waals surface area contributed by atoms with Crippen LogP contribution in [0.3, 0.4) is 0 Å². The van der Waals surface area contributed by atoms with E-state index in [1.165, 1.54) is 0 Å². The summed E-state index contributed by atoms with van der Waals surface area (Å²) in [5.74, 6) is 0.717. The summed E-state index contributed by atoms with van der Waals surface area (Å²) in [7, 11) is 0. The lowest BCUT2D eigenvalue weighted by Gasteiger charge is -2.12. The first kappa shape index (κ1) is 24.1. The molecule has 0 bridgehead atoms. The molecule has 0 spiro atoms. The zero-order chi connectivity index (χ0) is 23.8. The van der Waals surface area contributed by atoms with Gasteiger partial charge in [-0.15, -0.1) is 0 Å². The third-order valence-corrected chi connectivity index (χ3v) is 6.65. The number of nitrogens with one attached hydrogen (secondary N) is 2. The minimum Gasteiger partial charge on any atom is -0.337 e. The summed E-state index contributed by atoms with van der Waals surface area (Å²) in [6, 6.07) is 28.1. The van der Waals surface area contributed by atoms with Crippen molar-refractivity contribution in [1.82, 2.24) is 14.9 Å². The standard InChI is InChI=1S/C27H27BrN4OS/c1-2-17-32-25(21-12-7-4-8-13-21)24(20-10-5-3-6-11-20)31-27(32)34-18-16-29-26(33)30-23-15-9-14-22(28)19-23/h3-15,19H,2,16-18H2,1H3,(H2,29,30,33). The van der Waals surface area contributed by atoms with Crippen LogP contribution in [0.15, 0.2) is 94.6 Å². The van der Waals surface area contributed by atoms with Crippen LogP contribution in [0.1, 0.15) is 13.3 Å². The van der Waals surface area contributed by atoms with Crippen LogP contribution < -0.4 is 10.6 Å². The molecule has 0 unspecified atom stereocenters. The van der Waals surface area contributed by atoms with Gasteiger partial charge in [-0.05, 0) is 24.6 Å². The van der Waals surface area contributed by atoms with Crippen LogP contribution in [0.5, 0.6) is 0 Å². The van der Waals surface area contributed by atoms with Gasteiger partial charge in [-0.1, -0.05) is 101 Å². The van der Waals surface area contributed by atoms with Crippen molar-refractivity contribution in [3.05, 3.63) is 89.4 Å². The van der Waals surface area contributed by atoms with Gasteiger partial charge >= 0.3 is 6.03 Å². The highest BCUT2D eigenvalue weighted by Gasteiger charge is 2.19. The van der Waals surface area contributed by atoms with Crippen LogP contribution in [0.25, 0.3) is 22.5 Å². The number of rotatable bonds is 9. The molecule has 5 nitrogen and oxygen atoms in total. The number of carbonyl (C=O) groups is 1. The molecule has 2 N–H and O–H groups in total. The van der Waals surface area contributed by atoms with Crippen LogP contribution in [-0.2, 0) is 6.54 Å². The lowest BCUT2D eigenvalue weighted by atomic mass is 10.0. The number of hydrogen-bond acceptors (Lipinski definition) is 3. The summed E-state index contributed by atoms with van der Waals surface area (Å²) in [4.78, 5) is 17.3. The molecule has 34 heavy (non-hydrogen) atoms. The highest BCUT2D eigenvalue weighted by molar-refractivity contribution is 9.10. The van der Waals surface area contributed by atoms with E-state index in [0.29, 0.717) is 6.54 Å². The molecule has 4 rings (SSSR count). The Bertz CT molecular complexity index is 1230. The number of aromatic nitrogens is 2. The number of nitrogens with zero attached hydrogens (tertiary/aromatic N) is 2. The molecular weight excluding hydrogens is 508 g/mol. The van der Waals surface area contributed by atoms with Gasteiger partial charge in [0.2, 0.25) is 0 Å². The van der Waals surface area contributed by atoms with Crippen molar-refractivity contribution >= 4 is 39.4 Å². The fourth-order valence-corrected chi connectivity index (χ4v) is 4.99. The Balaban J connectivity index is 1.50. The van der Waals surface area contributed by atoms with E-state index in [-0.39, 0.29) is 6.03 Å². The van der Waals surface area contributed by atoms with Gasteiger partial charge < -0.3 is 15.2 Å². The number of urea groups is 1. The molecule has 3 aromatic carbocycles. The van der Waals surface area contributed by atoms with E-state index in [0.717, 1.165) is 56.5 Å². The fraction of sp³-hybridized carbons (Fsp3) is 0.185. The van der Waals surface area contributed by atoms with Gasteiger partial charge in [0, 0.05) is 40.1 Å². The first-order chi connectivity index (χ1) is 16.7. The Morgan fingerprint density at radius 3 is 2.35 bits per heavy atom. The normalized spacial score (nSPS) is 10.8. The number of amides is 2. The fourth-order valence-electron chi connectivity index (χ4n) is 3.71. The maximum atomic E-state index is 12.3. The van der Waals surface area contributed by atoms with Crippen molar-refractivity contribution in [2.24, 2.45) is 0 Å². The molecule has 0 aliphatic heterocycles. The number of anilines is 1. The highest BCUT2D eigenvalue weighted by Crippen LogP contribution is 2.36. The Morgan fingerprint density at radius 1 is 0.971 bits per heavy atom. The molecule has 0 radical (unpaired) electrons. The van der Waals surface area contributed by atoms with Crippen molar-refractivity contribution in [3.63, 3.8) is 0 Å². The first-order valence-corrected chi connectivity index (χ1v) is 13.1. The van der Waals surface area contributed by atoms with Crippen LogP contribution in [0.4, 0.5) is 10.5 Å². The molecule has 0 fully saturated rings. The van der Waals surface area contributed by atoms with Crippen molar-refractivity contribution in [3.8, 4) is 22.5 Å². The molecule has 174 valence electrons. The highest BCUT2D eigenvalue weighted by atomic mass is 79.9. The minimum atomic E-state index is -0.217. The topological polar surface area (TPSA) is 59.0 Å². The van der Waals surface area contributed by atoms with Crippen LogP contribution in [0, 0.1) is 0 Å². The van der Waals surface area contributed by atoms with Gasteiger partial charge in [-0.3, -0.25) is 0 Å². The molecule has 7 heteroatoms. The first-order valence-electron chi connectivity index (χ1n) is 11.3. The van der Waals surface area contributed by atoms with E-state index in [9.17, 15) is 4.79 Å². The van der Waals surface area contributed by atoms with E-state index in [4.69, 9.17) is 4.98 Å². The number of imidazole rings is 1. The summed E-state index contributed by atoms with van der Waals surface area (Å²) in [5.41, 5.74) is 5.13. The molecule has 0 atom stereocenters. The predicted octanol–water partition coefficient (Wildman–Crippen LogP) is 7.30. The Hall–Kier alpha value is -3.03. The van der Waals surface area contributed by atoms with Gasteiger partial charge in [0.15, 0.2) is 5.16 Å². The van der Waals surface area contributed by atoms with Crippen molar-refractivity contribution in [1.29, 1.82) is 0 Å². The number of carbonyl (C=O) groups excluding carboxylic acids is 1. The minimum absolute atomic E-state index is 0.217. The lowest BCUT2D eigenvalue weighted by Crippen LogP contribution is -2.30. The summed E-state index contributed by atoms with van der Waals surface area (Å²) in [6.45, 7) is 3.59. The lowest BCUT2D eigenvalue weighted by molar-refractivity contribution is 0.252.